The normalized spacial score (nSPS) is 18.0. The molecule has 7 nitrogen and oxygen atoms in total. The monoisotopic (exact) mass is 391 g/mol. The highest BCUT2D eigenvalue weighted by Gasteiger charge is 2.43. The van der Waals surface area contributed by atoms with Gasteiger partial charge in [0.1, 0.15) is 18.0 Å². The Morgan fingerprint density at radius 3 is 2.48 bits per heavy atom. The van der Waals surface area contributed by atoms with Crippen LogP contribution in [0.5, 0.6) is 11.5 Å². The fourth-order valence-electron chi connectivity index (χ4n) is 4.11. The van der Waals surface area contributed by atoms with Crippen LogP contribution in [0, 0.1) is 11.3 Å². The number of rotatable bonds is 5. The van der Waals surface area contributed by atoms with E-state index in [0.717, 1.165) is 23.1 Å². The summed E-state index contributed by atoms with van der Waals surface area (Å²) in [7, 11) is 3.14. The summed E-state index contributed by atoms with van der Waals surface area (Å²) < 4.78 is 10.6. The highest BCUT2D eigenvalue weighted by atomic mass is 16.5. The summed E-state index contributed by atoms with van der Waals surface area (Å²) in [4.78, 5) is 28.7. The standard InChI is InChI=1S/C22H21N3O4/c1-28-17-8-15(9-18(10-17)29-2)12-24-13-21(26)25(22(24)27)20-6-4-16-7-14(11-23)3-5-19(16)20/h3,5,7-10,20H,4,6,12-13H2,1-2H3. The molecule has 7 heteroatoms. The number of nitriles is 1. The Hall–Kier alpha value is -3.53. The van der Waals surface area contributed by atoms with Gasteiger partial charge in [-0.1, -0.05) is 6.07 Å². The van der Waals surface area contributed by atoms with Crippen LogP contribution in [0.2, 0.25) is 0 Å². The molecule has 4 rings (SSSR count). The van der Waals surface area contributed by atoms with Gasteiger partial charge in [0.25, 0.3) is 5.91 Å². The molecular formula is C22H21N3O4. The number of hydrogen-bond acceptors (Lipinski definition) is 5. The lowest BCUT2D eigenvalue weighted by Gasteiger charge is -2.23. The molecule has 0 saturated carbocycles. The molecule has 0 spiro atoms. The maximum absolute atomic E-state index is 13.1. The zero-order valence-corrected chi connectivity index (χ0v) is 16.3. The summed E-state index contributed by atoms with van der Waals surface area (Å²) in [5.74, 6) is 1.06. The van der Waals surface area contributed by atoms with Crippen LogP contribution in [0.4, 0.5) is 4.79 Å². The van der Waals surface area contributed by atoms with E-state index >= 15 is 0 Å². The number of hydrogen-bond donors (Lipinski definition) is 0. The first kappa shape index (κ1) is 18.8. The molecule has 29 heavy (non-hydrogen) atoms. The minimum Gasteiger partial charge on any atom is -0.497 e. The van der Waals surface area contributed by atoms with E-state index in [1.54, 1.807) is 26.4 Å². The third-order valence-electron chi connectivity index (χ3n) is 5.49. The summed E-state index contributed by atoms with van der Waals surface area (Å²) in [6.07, 6.45) is 1.43. The van der Waals surface area contributed by atoms with E-state index in [2.05, 4.69) is 6.07 Å². The number of carbonyl (C=O) groups excluding carboxylic acids is 2. The molecule has 2 aromatic carbocycles. The zero-order chi connectivity index (χ0) is 20.5. The fraction of sp³-hybridized carbons (Fsp3) is 0.318. The van der Waals surface area contributed by atoms with Crippen LogP contribution in [0.1, 0.15) is 34.7 Å². The molecule has 2 aromatic rings. The Balaban J connectivity index is 1.56. The van der Waals surface area contributed by atoms with Crippen molar-refractivity contribution in [2.45, 2.75) is 25.4 Å². The van der Waals surface area contributed by atoms with Crippen LogP contribution >= 0.6 is 0 Å². The van der Waals surface area contributed by atoms with E-state index in [0.29, 0.717) is 30.0 Å². The van der Waals surface area contributed by atoms with E-state index < -0.39 is 0 Å². The SMILES string of the molecule is COc1cc(CN2CC(=O)N(C3CCc4cc(C#N)ccc43)C2=O)cc(OC)c1. The molecule has 1 aliphatic heterocycles. The number of imide groups is 1. The second-order valence-electron chi connectivity index (χ2n) is 7.20. The van der Waals surface area contributed by atoms with Gasteiger partial charge in [0.15, 0.2) is 0 Å². The zero-order valence-electron chi connectivity index (χ0n) is 16.3. The summed E-state index contributed by atoms with van der Waals surface area (Å²) in [5, 5.41) is 9.09. The van der Waals surface area contributed by atoms with E-state index in [-0.39, 0.29) is 24.5 Å². The van der Waals surface area contributed by atoms with Crippen LogP contribution in [-0.4, -0.2) is 42.5 Å². The quantitative estimate of drug-likeness (QED) is 0.732. The molecule has 1 aliphatic carbocycles. The van der Waals surface area contributed by atoms with Crippen molar-refractivity contribution in [3.63, 3.8) is 0 Å². The van der Waals surface area contributed by atoms with Gasteiger partial charge in [-0.3, -0.25) is 9.69 Å². The van der Waals surface area contributed by atoms with Crippen molar-refractivity contribution < 1.29 is 19.1 Å². The van der Waals surface area contributed by atoms with Crippen LogP contribution in [0.3, 0.4) is 0 Å². The van der Waals surface area contributed by atoms with E-state index in [1.807, 2.05) is 24.3 Å². The first-order valence-corrected chi connectivity index (χ1v) is 9.40. The molecule has 0 N–H and O–H groups in total. The van der Waals surface area contributed by atoms with Gasteiger partial charge in [0, 0.05) is 12.6 Å². The Morgan fingerprint density at radius 1 is 1.10 bits per heavy atom. The smallest absolute Gasteiger partial charge is 0.328 e. The molecule has 148 valence electrons. The molecule has 1 unspecified atom stereocenters. The number of methoxy groups -OCH3 is 2. The molecule has 2 aliphatic rings. The van der Waals surface area contributed by atoms with E-state index in [9.17, 15) is 9.59 Å². The number of fused-ring (bicyclic) bond motifs is 1. The van der Waals surface area contributed by atoms with Crippen molar-refractivity contribution in [2.75, 3.05) is 20.8 Å². The van der Waals surface area contributed by atoms with Crippen LogP contribution in [-0.2, 0) is 17.8 Å². The predicted molar refractivity (Wildman–Crippen MR) is 104 cm³/mol. The Bertz CT molecular complexity index is 1000. The van der Waals surface area contributed by atoms with Crippen LogP contribution in [0.15, 0.2) is 36.4 Å². The topological polar surface area (TPSA) is 82.9 Å². The molecule has 1 saturated heterocycles. The summed E-state index contributed by atoms with van der Waals surface area (Å²) in [6.45, 7) is 0.335. The van der Waals surface area contributed by atoms with E-state index in [1.165, 1.54) is 9.80 Å². The summed E-state index contributed by atoms with van der Waals surface area (Å²) in [6, 6.07) is 12.4. The van der Waals surface area contributed by atoms with Gasteiger partial charge < -0.3 is 14.4 Å². The van der Waals surface area contributed by atoms with Crippen LogP contribution < -0.4 is 9.47 Å². The first-order chi connectivity index (χ1) is 14.0. The third-order valence-corrected chi connectivity index (χ3v) is 5.49. The van der Waals surface area contributed by atoms with Crippen molar-refractivity contribution in [3.8, 4) is 17.6 Å². The Kier molecular flexibility index (Phi) is 4.85. The second kappa shape index (κ2) is 7.47. The van der Waals surface area contributed by atoms with Gasteiger partial charge in [0.05, 0.1) is 31.9 Å². The lowest BCUT2D eigenvalue weighted by atomic mass is 10.0. The average molecular weight is 391 g/mol. The number of urea groups is 1. The predicted octanol–water partition coefficient (Wildman–Crippen LogP) is 3.03. The fourth-order valence-corrected chi connectivity index (χ4v) is 4.11. The van der Waals surface area contributed by atoms with Crippen LogP contribution in [0.25, 0.3) is 0 Å². The van der Waals surface area contributed by atoms with Gasteiger partial charge in [-0.05, 0) is 53.8 Å². The van der Waals surface area contributed by atoms with Crippen molar-refractivity contribution >= 4 is 11.9 Å². The average Bonchev–Trinajstić information content (AvgIpc) is 3.26. The highest BCUT2D eigenvalue weighted by Crippen LogP contribution is 2.38. The molecule has 1 heterocycles. The van der Waals surface area contributed by atoms with Crippen molar-refractivity contribution in [1.82, 2.24) is 9.80 Å². The highest BCUT2D eigenvalue weighted by molar-refractivity contribution is 6.02. The van der Waals surface area contributed by atoms with Gasteiger partial charge in [-0.25, -0.2) is 4.79 Å². The second-order valence-corrected chi connectivity index (χ2v) is 7.20. The number of amides is 3. The van der Waals surface area contributed by atoms with Gasteiger partial charge in [0.2, 0.25) is 0 Å². The number of carbonyl (C=O) groups is 2. The number of nitrogens with zero attached hydrogens (tertiary/aromatic N) is 3. The summed E-state index contributed by atoms with van der Waals surface area (Å²) >= 11 is 0. The van der Waals surface area contributed by atoms with Gasteiger partial charge in [-0.2, -0.15) is 5.26 Å². The summed E-state index contributed by atoms with van der Waals surface area (Å²) in [5.41, 5.74) is 3.41. The van der Waals surface area contributed by atoms with Crippen molar-refractivity contribution in [3.05, 3.63) is 58.7 Å². The lowest BCUT2D eigenvalue weighted by Crippen LogP contribution is -2.35. The number of aryl methyl sites for hydroxylation is 1. The van der Waals surface area contributed by atoms with Crippen molar-refractivity contribution in [2.24, 2.45) is 0 Å². The third kappa shape index (κ3) is 3.38. The molecule has 1 atom stereocenters. The molecule has 0 bridgehead atoms. The molecule has 0 radical (unpaired) electrons. The maximum atomic E-state index is 13.1. The molecule has 1 fully saturated rings. The van der Waals surface area contributed by atoms with Gasteiger partial charge in [-0.15, -0.1) is 0 Å². The Morgan fingerprint density at radius 2 is 1.83 bits per heavy atom. The Labute approximate surface area is 169 Å². The van der Waals surface area contributed by atoms with E-state index in [4.69, 9.17) is 14.7 Å². The van der Waals surface area contributed by atoms with Gasteiger partial charge >= 0.3 is 6.03 Å². The molecule has 3 amide bonds. The molecular weight excluding hydrogens is 370 g/mol. The largest absolute Gasteiger partial charge is 0.497 e. The number of ether oxygens (including phenoxy) is 2. The minimum atomic E-state index is -0.293. The molecule has 0 aromatic heterocycles. The van der Waals surface area contributed by atoms with Crippen molar-refractivity contribution in [1.29, 1.82) is 5.26 Å². The number of benzene rings is 2. The maximum Gasteiger partial charge on any atom is 0.328 e. The minimum absolute atomic E-state index is 0.0421. The first-order valence-electron chi connectivity index (χ1n) is 9.40. The lowest BCUT2D eigenvalue weighted by molar-refractivity contribution is -0.127.